The van der Waals surface area contributed by atoms with Gasteiger partial charge in [-0.3, -0.25) is 4.68 Å². The number of aromatic nitrogens is 2. The Balaban J connectivity index is 2.58. The van der Waals surface area contributed by atoms with Gasteiger partial charge in [0.2, 0.25) is 0 Å². The molecule has 0 saturated carbocycles. The highest BCUT2D eigenvalue weighted by Crippen LogP contribution is 2.07. The Bertz CT molecular complexity index is 211. The maximum Gasteiger partial charge on any atom is 0.257 e. The average molecular weight is 211 g/mol. The van der Waals surface area contributed by atoms with Crippen LogP contribution in [-0.4, -0.2) is 16.2 Å². The number of hydrogen-bond donors (Lipinski definition) is 0. The standard InChI is InChI=1S/C5H5BrF2N2/c6-4-1-9-10(2-4)3-5(7)8/h1-2,5H,3H2. The van der Waals surface area contributed by atoms with E-state index in [0.29, 0.717) is 4.47 Å². The maximum atomic E-state index is 11.7. The molecule has 5 heteroatoms. The molecule has 0 aliphatic carbocycles. The van der Waals surface area contributed by atoms with Crippen molar-refractivity contribution in [2.45, 2.75) is 13.0 Å². The van der Waals surface area contributed by atoms with Crippen molar-refractivity contribution in [3.63, 3.8) is 0 Å². The summed E-state index contributed by atoms with van der Waals surface area (Å²) >= 11 is 3.09. The molecular weight excluding hydrogens is 206 g/mol. The van der Waals surface area contributed by atoms with Crippen LogP contribution in [0.4, 0.5) is 8.78 Å². The minimum atomic E-state index is -2.34. The molecule has 0 bridgehead atoms. The highest BCUT2D eigenvalue weighted by Gasteiger charge is 2.03. The molecule has 10 heavy (non-hydrogen) atoms. The molecule has 1 aromatic heterocycles. The number of alkyl halides is 2. The minimum Gasteiger partial charge on any atom is -0.266 e. The van der Waals surface area contributed by atoms with E-state index in [2.05, 4.69) is 21.0 Å². The van der Waals surface area contributed by atoms with E-state index in [4.69, 9.17) is 0 Å². The first-order chi connectivity index (χ1) is 4.68. The van der Waals surface area contributed by atoms with Gasteiger partial charge in [-0.25, -0.2) is 8.78 Å². The molecule has 2 nitrogen and oxygen atoms in total. The molecule has 1 heterocycles. The van der Waals surface area contributed by atoms with Crippen LogP contribution in [0.2, 0.25) is 0 Å². The van der Waals surface area contributed by atoms with Gasteiger partial charge in [0.25, 0.3) is 6.43 Å². The molecule has 1 aromatic rings. The van der Waals surface area contributed by atoms with Crippen molar-refractivity contribution in [3.05, 3.63) is 16.9 Å². The Morgan fingerprint density at radius 2 is 2.40 bits per heavy atom. The Hall–Kier alpha value is -0.450. The van der Waals surface area contributed by atoms with Gasteiger partial charge in [0.1, 0.15) is 6.54 Å². The molecule has 0 N–H and O–H groups in total. The predicted molar refractivity (Wildman–Crippen MR) is 35.9 cm³/mol. The van der Waals surface area contributed by atoms with Crippen molar-refractivity contribution in [2.75, 3.05) is 0 Å². The van der Waals surface area contributed by atoms with E-state index in [1.165, 1.54) is 17.1 Å². The van der Waals surface area contributed by atoms with Gasteiger partial charge in [0.15, 0.2) is 0 Å². The van der Waals surface area contributed by atoms with E-state index < -0.39 is 6.43 Å². The van der Waals surface area contributed by atoms with Crippen LogP contribution in [0.5, 0.6) is 0 Å². The molecule has 0 aliphatic rings. The fraction of sp³-hybridized carbons (Fsp3) is 0.400. The lowest BCUT2D eigenvalue weighted by Gasteiger charge is -1.96. The number of halogens is 3. The summed E-state index contributed by atoms with van der Waals surface area (Å²) < 4.78 is 25.2. The van der Waals surface area contributed by atoms with Crippen molar-refractivity contribution in [1.29, 1.82) is 0 Å². The lowest BCUT2D eigenvalue weighted by Crippen LogP contribution is -2.06. The van der Waals surface area contributed by atoms with E-state index in [9.17, 15) is 8.78 Å². The van der Waals surface area contributed by atoms with E-state index in [1.54, 1.807) is 0 Å². The molecule has 0 saturated heterocycles. The SMILES string of the molecule is FC(F)Cn1cc(Br)cn1. The Morgan fingerprint density at radius 1 is 1.70 bits per heavy atom. The molecule has 0 spiro atoms. The van der Waals surface area contributed by atoms with Crippen LogP contribution in [0.15, 0.2) is 16.9 Å². The summed E-state index contributed by atoms with van der Waals surface area (Å²) in [4.78, 5) is 0. The van der Waals surface area contributed by atoms with Crippen molar-refractivity contribution < 1.29 is 8.78 Å². The maximum absolute atomic E-state index is 11.7. The zero-order valence-corrected chi connectivity index (χ0v) is 6.55. The van der Waals surface area contributed by atoms with Crippen molar-refractivity contribution in [3.8, 4) is 0 Å². The van der Waals surface area contributed by atoms with Crippen LogP contribution in [0.1, 0.15) is 0 Å². The molecule has 0 radical (unpaired) electrons. The van der Waals surface area contributed by atoms with Crippen LogP contribution in [0, 0.1) is 0 Å². The zero-order chi connectivity index (χ0) is 7.56. The number of rotatable bonds is 2. The zero-order valence-electron chi connectivity index (χ0n) is 4.97. The molecule has 0 atom stereocenters. The molecule has 0 aliphatic heterocycles. The predicted octanol–water partition coefficient (Wildman–Crippen LogP) is 1.91. The Kier molecular flexibility index (Phi) is 2.37. The summed E-state index contributed by atoms with van der Waals surface area (Å²) in [6.45, 7) is -0.342. The minimum absolute atomic E-state index is 0.342. The molecule has 0 fully saturated rings. The molecule has 56 valence electrons. The van der Waals surface area contributed by atoms with Gasteiger partial charge in [-0.15, -0.1) is 0 Å². The second kappa shape index (κ2) is 3.09. The Morgan fingerprint density at radius 3 is 2.80 bits per heavy atom. The third-order valence-electron chi connectivity index (χ3n) is 0.927. The summed E-state index contributed by atoms with van der Waals surface area (Å²) in [5.74, 6) is 0. The Labute approximate surface area is 65.0 Å². The number of nitrogens with zero attached hydrogens (tertiary/aromatic N) is 2. The molecule has 1 rings (SSSR count). The monoisotopic (exact) mass is 210 g/mol. The first-order valence-electron chi connectivity index (χ1n) is 2.64. The van der Waals surface area contributed by atoms with Crippen LogP contribution in [-0.2, 0) is 6.54 Å². The fourth-order valence-corrected chi connectivity index (χ4v) is 0.908. The molecule has 0 amide bonds. The van der Waals surface area contributed by atoms with Gasteiger partial charge in [-0.1, -0.05) is 0 Å². The smallest absolute Gasteiger partial charge is 0.257 e. The van der Waals surface area contributed by atoms with Gasteiger partial charge >= 0.3 is 0 Å². The summed E-state index contributed by atoms with van der Waals surface area (Å²) in [6, 6.07) is 0. The van der Waals surface area contributed by atoms with E-state index in [-0.39, 0.29) is 6.54 Å². The van der Waals surface area contributed by atoms with E-state index >= 15 is 0 Å². The summed E-state index contributed by atoms with van der Waals surface area (Å²) in [5, 5.41) is 3.65. The summed E-state index contributed by atoms with van der Waals surface area (Å²) in [7, 11) is 0. The molecule has 0 aromatic carbocycles. The van der Waals surface area contributed by atoms with Crippen molar-refractivity contribution in [2.24, 2.45) is 0 Å². The number of hydrogen-bond acceptors (Lipinski definition) is 1. The first-order valence-corrected chi connectivity index (χ1v) is 3.44. The first kappa shape index (κ1) is 7.65. The normalized spacial score (nSPS) is 10.8. The van der Waals surface area contributed by atoms with Crippen LogP contribution in [0.25, 0.3) is 0 Å². The van der Waals surface area contributed by atoms with Crippen molar-refractivity contribution >= 4 is 15.9 Å². The van der Waals surface area contributed by atoms with E-state index in [0.717, 1.165) is 0 Å². The van der Waals surface area contributed by atoms with Gasteiger partial charge in [-0.2, -0.15) is 5.10 Å². The largest absolute Gasteiger partial charge is 0.266 e. The molecular formula is C5H5BrF2N2. The van der Waals surface area contributed by atoms with Crippen molar-refractivity contribution in [1.82, 2.24) is 9.78 Å². The fourth-order valence-electron chi connectivity index (χ4n) is 0.580. The molecule has 0 unspecified atom stereocenters. The quantitative estimate of drug-likeness (QED) is 0.730. The van der Waals surface area contributed by atoms with Gasteiger partial charge in [-0.05, 0) is 15.9 Å². The average Bonchev–Trinajstić information content (AvgIpc) is 2.13. The van der Waals surface area contributed by atoms with Crippen LogP contribution < -0.4 is 0 Å². The van der Waals surface area contributed by atoms with Crippen LogP contribution in [0.3, 0.4) is 0 Å². The highest BCUT2D eigenvalue weighted by atomic mass is 79.9. The third-order valence-corrected chi connectivity index (χ3v) is 1.34. The van der Waals surface area contributed by atoms with E-state index in [1.807, 2.05) is 0 Å². The topological polar surface area (TPSA) is 17.8 Å². The summed E-state index contributed by atoms with van der Waals surface area (Å²) in [5.41, 5.74) is 0. The lowest BCUT2D eigenvalue weighted by molar-refractivity contribution is 0.122. The van der Waals surface area contributed by atoms with Gasteiger partial charge < -0.3 is 0 Å². The lowest BCUT2D eigenvalue weighted by atomic mass is 10.7. The van der Waals surface area contributed by atoms with Crippen LogP contribution >= 0.6 is 15.9 Å². The van der Waals surface area contributed by atoms with Gasteiger partial charge in [0, 0.05) is 6.20 Å². The van der Waals surface area contributed by atoms with Gasteiger partial charge in [0.05, 0.1) is 10.7 Å². The highest BCUT2D eigenvalue weighted by molar-refractivity contribution is 9.10. The second-order valence-electron chi connectivity index (χ2n) is 1.77. The third kappa shape index (κ3) is 2.06. The summed E-state index contributed by atoms with van der Waals surface area (Å²) in [6.07, 6.45) is 0.640. The second-order valence-corrected chi connectivity index (χ2v) is 2.69.